The van der Waals surface area contributed by atoms with Gasteiger partial charge in [-0.2, -0.15) is 0 Å². The molecule has 0 saturated heterocycles. The first-order valence-electron chi connectivity index (χ1n) is 6.68. The minimum atomic E-state index is 0.304. The first-order valence-corrected chi connectivity index (χ1v) is 8.18. The van der Waals surface area contributed by atoms with Crippen LogP contribution in [-0.4, -0.2) is 11.9 Å². The third kappa shape index (κ3) is 3.89. The van der Waals surface area contributed by atoms with Crippen molar-refractivity contribution in [1.82, 2.24) is 0 Å². The molecule has 0 N–H and O–H groups in total. The molecule has 1 nitrogen and oxygen atoms in total. The van der Waals surface area contributed by atoms with Crippen LogP contribution < -0.4 is 4.74 Å². The molecule has 2 rings (SSSR count). The maximum absolute atomic E-state index is 5.97. The zero-order valence-electron chi connectivity index (χ0n) is 10.6. The van der Waals surface area contributed by atoms with E-state index in [2.05, 4.69) is 15.9 Å². The van der Waals surface area contributed by atoms with Gasteiger partial charge in [-0.1, -0.05) is 59.3 Å². The van der Waals surface area contributed by atoms with Crippen molar-refractivity contribution in [3.8, 4) is 5.75 Å². The summed E-state index contributed by atoms with van der Waals surface area (Å²) in [7, 11) is 0. The Morgan fingerprint density at radius 1 is 1.17 bits per heavy atom. The molecule has 1 saturated carbocycles. The lowest BCUT2D eigenvalue weighted by molar-refractivity contribution is 0.149. The Hall–Kier alpha value is -0.210. The highest BCUT2D eigenvalue weighted by atomic mass is 79.9. The fourth-order valence-corrected chi connectivity index (χ4v) is 3.49. The van der Waals surface area contributed by atoms with Crippen LogP contribution in [0.3, 0.4) is 0 Å². The van der Waals surface area contributed by atoms with Crippen LogP contribution in [0.15, 0.2) is 24.3 Å². The summed E-state index contributed by atoms with van der Waals surface area (Å²) in [6.07, 6.45) is 7.91. The van der Waals surface area contributed by atoms with Crippen molar-refractivity contribution in [2.45, 2.75) is 38.5 Å². The maximum Gasteiger partial charge on any atom is 0.120 e. The van der Waals surface area contributed by atoms with Gasteiger partial charge in [-0.3, -0.25) is 0 Å². The van der Waals surface area contributed by atoms with Crippen LogP contribution >= 0.6 is 27.5 Å². The maximum atomic E-state index is 5.97. The van der Waals surface area contributed by atoms with Crippen LogP contribution in [0.2, 0.25) is 5.02 Å². The van der Waals surface area contributed by atoms with E-state index in [1.54, 1.807) is 0 Å². The highest BCUT2D eigenvalue weighted by Gasteiger charge is 2.30. The van der Waals surface area contributed by atoms with Crippen LogP contribution in [0.1, 0.15) is 38.5 Å². The topological polar surface area (TPSA) is 9.23 Å². The summed E-state index contributed by atoms with van der Waals surface area (Å²) in [5.41, 5.74) is 0.304. The monoisotopic (exact) mass is 330 g/mol. The Morgan fingerprint density at radius 2 is 1.89 bits per heavy atom. The summed E-state index contributed by atoms with van der Waals surface area (Å²) in [6.45, 7) is 0.790. The molecule has 1 aromatic rings. The average molecular weight is 332 g/mol. The number of rotatable bonds is 4. The average Bonchev–Trinajstić information content (AvgIpc) is 2.63. The fourth-order valence-electron chi connectivity index (χ4n) is 2.59. The summed E-state index contributed by atoms with van der Waals surface area (Å²) in [5, 5.41) is 1.77. The summed E-state index contributed by atoms with van der Waals surface area (Å²) in [5.74, 6) is 0.882. The Morgan fingerprint density at radius 3 is 2.50 bits per heavy atom. The molecule has 3 heteroatoms. The smallest absolute Gasteiger partial charge is 0.120 e. The second-order valence-electron chi connectivity index (χ2n) is 5.29. The second kappa shape index (κ2) is 6.81. The van der Waals surface area contributed by atoms with Crippen LogP contribution in [0.5, 0.6) is 5.75 Å². The van der Waals surface area contributed by atoms with Crippen LogP contribution in [-0.2, 0) is 0 Å². The molecule has 1 aliphatic carbocycles. The van der Waals surface area contributed by atoms with E-state index >= 15 is 0 Å². The van der Waals surface area contributed by atoms with Crippen molar-refractivity contribution in [2.24, 2.45) is 5.41 Å². The number of benzene rings is 1. The molecule has 0 aliphatic heterocycles. The van der Waals surface area contributed by atoms with Gasteiger partial charge in [0.1, 0.15) is 5.75 Å². The highest BCUT2D eigenvalue weighted by Crippen LogP contribution is 2.37. The van der Waals surface area contributed by atoms with Gasteiger partial charge in [0.2, 0.25) is 0 Å². The summed E-state index contributed by atoms with van der Waals surface area (Å²) < 4.78 is 5.96. The molecule has 1 aromatic carbocycles. The predicted octanol–water partition coefficient (Wildman–Crippen LogP) is 5.45. The first kappa shape index (κ1) is 14.2. The van der Waals surface area contributed by atoms with E-state index in [0.29, 0.717) is 5.41 Å². The first-order chi connectivity index (χ1) is 8.74. The zero-order chi connectivity index (χ0) is 12.8. The molecule has 0 spiro atoms. The van der Waals surface area contributed by atoms with E-state index in [1.807, 2.05) is 24.3 Å². The molecule has 0 bridgehead atoms. The molecule has 100 valence electrons. The Labute approximate surface area is 123 Å². The third-order valence-electron chi connectivity index (χ3n) is 3.79. The molecule has 0 radical (unpaired) electrons. The molecule has 18 heavy (non-hydrogen) atoms. The quantitative estimate of drug-likeness (QED) is 0.526. The number of hydrogen-bond acceptors (Lipinski definition) is 1. The van der Waals surface area contributed by atoms with Gasteiger partial charge in [0.25, 0.3) is 0 Å². The molecular weight excluding hydrogens is 312 g/mol. The molecule has 1 aliphatic rings. The fraction of sp³-hybridized carbons (Fsp3) is 0.600. The third-order valence-corrected chi connectivity index (χ3v) is 5.21. The van der Waals surface area contributed by atoms with Crippen LogP contribution in [0, 0.1) is 5.41 Å². The lowest BCUT2D eigenvalue weighted by Crippen LogP contribution is -2.29. The van der Waals surface area contributed by atoms with Gasteiger partial charge in [0, 0.05) is 15.8 Å². The predicted molar refractivity (Wildman–Crippen MR) is 80.9 cm³/mol. The van der Waals surface area contributed by atoms with E-state index in [-0.39, 0.29) is 0 Å². The lowest BCUT2D eigenvalue weighted by atomic mass is 9.83. The standard InChI is InChI=1S/C15H20BrClO/c16-11-15(8-3-1-2-4-9-15)12-18-14-7-5-6-13(17)10-14/h5-7,10H,1-4,8-9,11-12H2. The van der Waals surface area contributed by atoms with Crippen molar-refractivity contribution >= 4 is 27.5 Å². The van der Waals surface area contributed by atoms with Gasteiger partial charge in [-0.25, -0.2) is 0 Å². The van der Waals surface area contributed by atoms with Gasteiger partial charge in [0.15, 0.2) is 0 Å². The number of halogens is 2. The minimum absolute atomic E-state index is 0.304. The molecule has 0 unspecified atom stereocenters. The molecule has 0 amide bonds. The zero-order valence-corrected chi connectivity index (χ0v) is 13.0. The van der Waals surface area contributed by atoms with Crippen LogP contribution in [0.4, 0.5) is 0 Å². The van der Waals surface area contributed by atoms with Gasteiger partial charge in [-0.15, -0.1) is 0 Å². The number of ether oxygens (including phenoxy) is 1. The molecular formula is C15H20BrClO. The van der Waals surface area contributed by atoms with E-state index < -0.39 is 0 Å². The molecule has 0 aromatic heterocycles. The van der Waals surface area contributed by atoms with Crippen molar-refractivity contribution in [3.63, 3.8) is 0 Å². The number of hydrogen-bond donors (Lipinski definition) is 0. The van der Waals surface area contributed by atoms with E-state index in [9.17, 15) is 0 Å². The van der Waals surface area contributed by atoms with Crippen molar-refractivity contribution < 1.29 is 4.74 Å². The molecule has 1 fully saturated rings. The van der Waals surface area contributed by atoms with E-state index in [0.717, 1.165) is 22.7 Å². The Balaban J connectivity index is 1.97. The molecule has 0 heterocycles. The SMILES string of the molecule is Clc1cccc(OCC2(CBr)CCCCCC2)c1. The van der Waals surface area contributed by atoms with Gasteiger partial charge in [0.05, 0.1) is 6.61 Å². The highest BCUT2D eigenvalue weighted by molar-refractivity contribution is 9.09. The van der Waals surface area contributed by atoms with Gasteiger partial charge in [-0.05, 0) is 31.0 Å². The van der Waals surface area contributed by atoms with Crippen molar-refractivity contribution in [3.05, 3.63) is 29.3 Å². The lowest BCUT2D eigenvalue weighted by Gasteiger charge is -2.30. The Bertz CT molecular complexity index is 373. The Kier molecular flexibility index (Phi) is 5.38. The van der Waals surface area contributed by atoms with E-state index in [4.69, 9.17) is 16.3 Å². The van der Waals surface area contributed by atoms with Crippen molar-refractivity contribution in [2.75, 3.05) is 11.9 Å². The largest absolute Gasteiger partial charge is 0.493 e. The van der Waals surface area contributed by atoms with E-state index in [1.165, 1.54) is 38.5 Å². The van der Waals surface area contributed by atoms with Gasteiger partial charge < -0.3 is 4.74 Å². The second-order valence-corrected chi connectivity index (χ2v) is 6.29. The normalized spacial score (nSPS) is 19.2. The summed E-state index contributed by atoms with van der Waals surface area (Å²) >= 11 is 9.66. The number of alkyl halides is 1. The summed E-state index contributed by atoms with van der Waals surface area (Å²) in [4.78, 5) is 0. The molecule has 0 atom stereocenters. The minimum Gasteiger partial charge on any atom is -0.493 e. The van der Waals surface area contributed by atoms with Crippen LogP contribution in [0.25, 0.3) is 0 Å². The summed E-state index contributed by atoms with van der Waals surface area (Å²) in [6, 6.07) is 7.68. The van der Waals surface area contributed by atoms with Gasteiger partial charge >= 0.3 is 0 Å². The van der Waals surface area contributed by atoms with Crippen molar-refractivity contribution in [1.29, 1.82) is 0 Å².